The standard InChI is InChI=1S/C22H20N8O2S/c1-13-24-7-4-19(28-13)18-12-27-22-17(3-6-26-22)21(18)29-15-9-16(10-15)30-33(31,32)20-8-14(11-23)2-5-25-20/h2-8,12,15-16,30H,9-10H2,1H3,(H2,26,27,29). The van der Waals surface area contributed by atoms with Crippen LogP contribution in [-0.2, 0) is 10.0 Å². The minimum Gasteiger partial charge on any atom is -0.381 e. The predicted octanol–water partition coefficient (Wildman–Crippen LogP) is 2.52. The quantitative estimate of drug-likeness (QED) is 0.397. The summed E-state index contributed by atoms with van der Waals surface area (Å²) in [6.45, 7) is 1.84. The molecule has 0 spiro atoms. The predicted molar refractivity (Wildman–Crippen MR) is 122 cm³/mol. The van der Waals surface area contributed by atoms with Crippen LogP contribution in [0.25, 0.3) is 22.3 Å². The van der Waals surface area contributed by atoms with Crippen molar-refractivity contribution in [2.75, 3.05) is 5.32 Å². The Morgan fingerprint density at radius 3 is 2.73 bits per heavy atom. The largest absolute Gasteiger partial charge is 0.381 e. The van der Waals surface area contributed by atoms with Gasteiger partial charge in [0, 0.05) is 47.8 Å². The molecule has 33 heavy (non-hydrogen) atoms. The number of H-pyrrole nitrogens is 1. The van der Waals surface area contributed by atoms with Crippen LogP contribution >= 0.6 is 0 Å². The summed E-state index contributed by atoms with van der Waals surface area (Å²) in [5, 5.41) is 13.3. The molecule has 5 rings (SSSR count). The van der Waals surface area contributed by atoms with Gasteiger partial charge in [-0.1, -0.05) is 0 Å². The fraction of sp³-hybridized carbons (Fsp3) is 0.227. The lowest BCUT2D eigenvalue weighted by Gasteiger charge is -2.37. The van der Waals surface area contributed by atoms with E-state index in [1.807, 2.05) is 31.3 Å². The maximum atomic E-state index is 12.6. The first-order valence-corrected chi connectivity index (χ1v) is 11.8. The summed E-state index contributed by atoms with van der Waals surface area (Å²) in [6, 6.07) is 8.30. The lowest BCUT2D eigenvalue weighted by Crippen LogP contribution is -2.49. The van der Waals surface area contributed by atoms with Gasteiger partial charge in [0.1, 0.15) is 11.5 Å². The van der Waals surface area contributed by atoms with Crippen molar-refractivity contribution >= 4 is 26.7 Å². The Morgan fingerprint density at radius 2 is 1.94 bits per heavy atom. The van der Waals surface area contributed by atoms with Crippen molar-refractivity contribution in [3.05, 3.63) is 60.4 Å². The van der Waals surface area contributed by atoms with Gasteiger partial charge in [-0.15, -0.1) is 0 Å². The maximum absolute atomic E-state index is 12.6. The molecule has 4 aromatic heterocycles. The van der Waals surface area contributed by atoms with E-state index in [0.717, 1.165) is 28.0 Å². The molecule has 3 N–H and O–H groups in total. The van der Waals surface area contributed by atoms with E-state index in [9.17, 15) is 8.42 Å². The van der Waals surface area contributed by atoms with Crippen LogP contribution in [0.1, 0.15) is 24.2 Å². The first-order chi connectivity index (χ1) is 15.9. The second-order valence-electron chi connectivity index (χ2n) is 7.90. The lowest BCUT2D eigenvalue weighted by atomic mass is 9.87. The van der Waals surface area contributed by atoms with Crippen molar-refractivity contribution in [2.45, 2.75) is 36.9 Å². The molecule has 0 amide bonds. The van der Waals surface area contributed by atoms with Gasteiger partial charge < -0.3 is 10.3 Å². The highest BCUT2D eigenvalue weighted by Crippen LogP contribution is 2.35. The SMILES string of the molecule is Cc1nccc(-c2cnc3[nH]ccc3c2NC2CC(NS(=O)(=O)c3cc(C#N)ccn3)C2)n1. The molecule has 0 saturated heterocycles. The molecule has 10 nitrogen and oxygen atoms in total. The normalized spacial score (nSPS) is 17.9. The third-order valence-electron chi connectivity index (χ3n) is 5.59. The number of nitrogens with one attached hydrogen (secondary N) is 3. The molecule has 1 fully saturated rings. The summed E-state index contributed by atoms with van der Waals surface area (Å²) in [5.41, 5.74) is 3.52. The number of rotatable bonds is 6. The average molecular weight is 461 g/mol. The number of aromatic nitrogens is 5. The summed E-state index contributed by atoms with van der Waals surface area (Å²) in [7, 11) is -3.80. The molecule has 4 aromatic rings. The number of aryl methyl sites for hydroxylation is 1. The molecule has 1 saturated carbocycles. The Balaban J connectivity index is 1.34. The van der Waals surface area contributed by atoms with E-state index < -0.39 is 10.0 Å². The van der Waals surface area contributed by atoms with E-state index in [2.05, 4.69) is 35.0 Å². The molecule has 0 aromatic carbocycles. The van der Waals surface area contributed by atoms with E-state index in [0.29, 0.717) is 18.7 Å². The molecule has 1 aliphatic carbocycles. The number of fused-ring (bicyclic) bond motifs is 1. The molecule has 0 bridgehead atoms. The lowest BCUT2D eigenvalue weighted by molar-refractivity contribution is 0.346. The van der Waals surface area contributed by atoms with Crippen molar-refractivity contribution in [2.24, 2.45) is 0 Å². The van der Waals surface area contributed by atoms with Crippen molar-refractivity contribution in [1.29, 1.82) is 5.26 Å². The van der Waals surface area contributed by atoms with Crippen LogP contribution in [0.3, 0.4) is 0 Å². The van der Waals surface area contributed by atoms with Gasteiger partial charge in [0.05, 0.1) is 23.0 Å². The number of hydrogen-bond acceptors (Lipinski definition) is 8. The van der Waals surface area contributed by atoms with Gasteiger partial charge in [0.2, 0.25) is 0 Å². The fourth-order valence-electron chi connectivity index (χ4n) is 3.91. The zero-order chi connectivity index (χ0) is 23.0. The summed E-state index contributed by atoms with van der Waals surface area (Å²) in [5.74, 6) is 0.666. The van der Waals surface area contributed by atoms with Crippen LogP contribution in [-0.4, -0.2) is 45.4 Å². The van der Waals surface area contributed by atoms with Crippen LogP contribution < -0.4 is 10.0 Å². The maximum Gasteiger partial charge on any atom is 0.258 e. The van der Waals surface area contributed by atoms with Gasteiger partial charge in [0.15, 0.2) is 5.03 Å². The molecular weight excluding hydrogens is 440 g/mol. The average Bonchev–Trinajstić information content (AvgIpc) is 3.27. The van der Waals surface area contributed by atoms with Gasteiger partial charge in [-0.2, -0.15) is 5.26 Å². The van der Waals surface area contributed by atoms with Crippen molar-refractivity contribution in [3.63, 3.8) is 0 Å². The third kappa shape index (κ3) is 4.13. The van der Waals surface area contributed by atoms with Gasteiger partial charge in [-0.3, -0.25) is 0 Å². The summed E-state index contributed by atoms with van der Waals surface area (Å²) >= 11 is 0. The molecule has 166 valence electrons. The molecule has 0 radical (unpaired) electrons. The van der Waals surface area contributed by atoms with E-state index >= 15 is 0 Å². The van der Waals surface area contributed by atoms with Gasteiger partial charge in [-0.25, -0.2) is 33.1 Å². The van der Waals surface area contributed by atoms with Crippen LogP contribution in [0.15, 0.2) is 54.1 Å². The minimum atomic E-state index is -3.80. The highest BCUT2D eigenvalue weighted by molar-refractivity contribution is 7.89. The van der Waals surface area contributed by atoms with Crippen molar-refractivity contribution in [1.82, 2.24) is 29.6 Å². The number of pyridine rings is 2. The van der Waals surface area contributed by atoms with Crippen molar-refractivity contribution in [3.8, 4) is 17.3 Å². The topological polar surface area (TPSA) is 149 Å². The third-order valence-corrected chi connectivity index (χ3v) is 7.00. The smallest absolute Gasteiger partial charge is 0.258 e. The Kier molecular flexibility index (Phi) is 5.24. The number of nitriles is 1. The van der Waals surface area contributed by atoms with Crippen molar-refractivity contribution < 1.29 is 8.42 Å². The molecule has 1 aliphatic rings. The summed E-state index contributed by atoms with van der Waals surface area (Å²) < 4.78 is 28.0. The van der Waals surface area contributed by atoms with Gasteiger partial charge in [0.25, 0.3) is 10.0 Å². The Labute approximate surface area is 190 Å². The summed E-state index contributed by atoms with van der Waals surface area (Å²) in [4.78, 5) is 20.2. The van der Waals surface area contributed by atoms with Gasteiger partial charge >= 0.3 is 0 Å². The van der Waals surface area contributed by atoms with Crippen LogP contribution in [0.4, 0.5) is 5.69 Å². The molecule has 0 unspecified atom stereocenters. The first-order valence-electron chi connectivity index (χ1n) is 10.3. The Bertz CT molecular complexity index is 1490. The molecule has 11 heteroatoms. The molecule has 4 heterocycles. The van der Waals surface area contributed by atoms with E-state index in [1.165, 1.54) is 18.3 Å². The number of hydrogen-bond donors (Lipinski definition) is 3. The first kappa shape index (κ1) is 21.0. The van der Waals surface area contributed by atoms with Crippen LogP contribution in [0.5, 0.6) is 0 Å². The molecule has 0 aliphatic heterocycles. The Morgan fingerprint density at radius 1 is 1.12 bits per heavy atom. The number of anilines is 1. The number of sulfonamides is 1. The second kappa shape index (κ2) is 8.23. The second-order valence-corrected chi connectivity index (χ2v) is 9.56. The van der Waals surface area contributed by atoms with E-state index in [4.69, 9.17) is 5.26 Å². The highest BCUT2D eigenvalue weighted by Gasteiger charge is 2.34. The van der Waals surface area contributed by atoms with E-state index in [-0.39, 0.29) is 22.7 Å². The van der Waals surface area contributed by atoms with E-state index in [1.54, 1.807) is 12.4 Å². The number of nitrogens with zero attached hydrogens (tertiary/aromatic N) is 5. The molecular formula is C22H20N8O2S. The Hall–Kier alpha value is -3.88. The zero-order valence-electron chi connectivity index (χ0n) is 17.6. The zero-order valence-corrected chi connectivity index (χ0v) is 18.5. The minimum absolute atomic E-state index is 0.0679. The monoisotopic (exact) mass is 460 g/mol. The fourth-order valence-corrected chi connectivity index (χ4v) is 5.14. The van der Waals surface area contributed by atoms with Crippen LogP contribution in [0.2, 0.25) is 0 Å². The summed E-state index contributed by atoms with van der Waals surface area (Å²) in [6.07, 6.45) is 7.85. The molecule has 0 atom stereocenters. The van der Waals surface area contributed by atoms with Crippen LogP contribution in [0, 0.1) is 18.3 Å². The van der Waals surface area contributed by atoms with Gasteiger partial charge in [-0.05, 0) is 44.0 Å². The highest BCUT2D eigenvalue weighted by atomic mass is 32.2. The number of aromatic amines is 1.